The Hall–Kier alpha value is -1.43. The van der Waals surface area contributed by atoms with Gasteiger partial charge >= 0.3 is 0 Å². The van der Waals surface area contributed by atoms with Crippen molar-refractivity contribution >= 4 is 5.91 Å². The first kappa shape index (κ1) is 11.6. The topological polar surface area (TPSA) is 94.0 Å². The SMILES string of the molecule is N[C@H]1CC[C@H](NC(=O)c2noc(C3CC3)n2)CC1. The molecule has 0 spiro atoms. The summed E-state index contributed by atoms with van der Waals surface area (Å²) in [6.07, 6.45) is 5.96. The predicted octanol–water partition coefficient (Wildman–Crippen LogP) is 0.947. The summed E-state index contributed by atoms with van der Waals surface area (Å²) in [5, 5.41) is 6.68. The molecular formula is C12H18N4O2. The molecule has 0 aromatic carbocycles. The van der Waals surface area contributed by atoms with E-state index in [1.807, 2.05) is 0 Å². The van der Waals surface area contributed by atoms with Gasteiger partial charge < -0.3 is 15.6 Å². The van der Waals surface area contributed by atoms with Crippen LogP contribution in [0.25, 0.3) is 0 Å². The Morgan fingerprint density at radius 3 is 2.61 bits per heavy atom. The van der Waals surface area contributed by atoms with E-state index in [9.17, 15) is 4.79 Å². The molecule has 1 amide bonds. The first-order chi connectivity index (χ1) is 8.72. The van der Waals surface area contributed by atoms with Crippen LogP contribution >= 0.6 is 0 Å². The standard InChI is InChI=1S/C12H18N4O2/c13-8-3-5-9(6-4-8)14-11(17)10-15-12(18-16-10)7-1-2-7/h7-9H,1-6,13H2,(H,14,17)/t8-,9-. The molecule has 2 fully saturated rings. The van der Waals surface area contributed by atoms with Gasteiger partial charge in [-0.05, 0) is 38.5 Å². The van der Waals surface area contributed by atoms with Crippen molar-refractivity contribution < 1.29 is 9.32 Å². The molecule has 3 rings (SSSR count). The van der Waals surface area contributed by atoms with Crippen molar-refractivity contribution in [2.75, 3.05) is 0 Å². The Bertz CT molecular complexity index is 433. The fraction of sp³-hybridized carbons (Fsp3) is 0.750. The fourth-order valence-corrected chi connectivity index (χ4v) is 2.34. The second-order valence-electron chi connectivity index (χ2n) is 5.32. The second kappa shape index (κ2) is 4.68. The van der Waals surface area contributed by atoms with E-state index in [0.717, 1.165) is 38.5 Å². The van der Waals surface area contributed by atoms with Crippen LogP contribution in [0.15, 0.2) is 4.52 Å². The van der Waals surface area contributed by atoms with Crippen LogP contribution in [0.1, 0.15) is 61.0 Å². The molecule has 3 N–H and O–H groups in total. The summed E-state index contributed by atoms with van der Waals surface area (Å²) in [6.45, 7) is 0. The van der Waals surface area contributed by atoms with E-state index in [2.05, 4.69) is 15.5 Å². The second-order valence-corrected chi connectivity index (χ2v) is 5.32. The summed E-state index contributed by atoms with van der Waals surface area (Å²) in [5.74, 6) is 0.912. The molecule has 6 heteroatoms. The third-order valence-electron chi connectivity index (χ3n) is 3.68. The van der Waals surface area contributed by atoms with Crippen LogP contribution in [0.5, 0.6) is 0 Å². The lowest BCUT2D eigenvalue weighted by Crippen LogP contribution is -2.40. The van der Waals surface area contributed by atoms with E-state index in [1.54, 1.807) is 0 Å². The Labute approximate surface area is 105 Å². The van der Waals surface area contributed by atoms with Crippen molar-refractivity contribution in [3.63, 3.8) is 0 Å². The van der Waals surface area contributed by atoms with Gasteiger partial charge in [0, 0.05) is 18.0 Å². The zero-order chi connectivity index (χ0) is 12.5. The highest BCUT2D eigenvalue weighted by Crippen LogP contribution is 2.38. The van der Waals surface area contributed by atoms with Crippen LogP contribution in [-0.4, -0.2) is 28.1 Å². The van der Waals surface area contributed by atoms with Gasteiger partial charge in [0.25, 0.3) is 11.7 Å². The third kappa shape index (κ3) is 2.53. The quantitative estimate of drug-likeness (QED) is 0.832. The normalized spacial score (nSPS) is 28.1. The number of nitrogens with one attached hydrogen (secondary N) is 1. The maximum absolute atomic E-state index is 11.9. The Kier molecular flexibility index (Phi) is 3.03. The third-order valence-corrected chi connectivity index (χ3v) is 3.68. The number of amides is 1. The molecule has 98 valence electrons. The first-order valence-corrected chi connectivity index (χ1v) is 6.62. The number of carbonyl (C=O) groups is 1. The zero-order valence-electron chi connectivity index (χ0n) is 10.3. The lowest BCUT2D eigenvalue weighted by molar-refractivity contribution is 0.0912. The largest absolute Gasteiger partial charge is 0.346 e. The Morgan fingerprint density at radius 1 is 1.22 bits per heavy atom. The maximum Gasteiger partial charge on any atom is 0.292 e. The van der Waals surface area contributed by atoms with Crippen molar-refractivity contribution in [3.8, 4) is 0 Å². The first-order valence-electron chi connectivity index (χ1n) is 6.62. The van der Waals surface area contributed by atoms with E-state index in [-0.39, 0.29) is 23.8 Å². The number of carbonyl (C=O) groups excluding carboxylic acids is 1. The van der Waals surface area contributed by atoms with Crippen LogP contribution in [0.4, 0.5) is 0 Å². The van der Waals surface area contributed by atoms with Gasteiger partial charge in [0.15, 0.2) is 0 Å². The predicted molar refractivity (Wildman–Crippen MR) is 64.0 cm³/mol. The van der Waals surface area contributed by atoms with E-state index in [4.69, 9.17) is 10.3 Å². The van der Waals surface area contributed by atoms with Crippen LogP contribution in [0.2, 0.25) is 0 Å². The monoisotopic (exact) mass is 250 g/mol. The van der Waals surface area contributed by atoms with Gasteiger partial charge in [0.2, 0.25) is 5.89 Å². The highest BCUT2D eigenvalue weighted by atomic mass is 16.5. The van der Waals surface area contributed by atoms with E-state index in [1.165, 1.54) is 0 Å². The van der Waals surface area contributed by atoms with Crippen molar-refractivity contribution in [3.05, 3.63) is 11.7 Å². The summed E-state index contributed by atoms with van der Waals surface area (Å²) < 4.78 is 5.07. The summed E-state index contributed by atoms with van der Waals surface area (Å²) in [6, 6.07) is 0.477. The van der Waals surface area contributed by atoms with Crippen molar-refractivity contribution in [1.29, 1.82) is 0 Å². The molecule has 0 radical (unpaired) electrons. The molecule has 1 heterocycles. The van der Waals surface area contributed by atoms with Gasteiger partial charge in [0.1, 0.15) is 0 Å². The average molecular weight is 250 g/mol. The van der Waals surface area contributed by atoms with Gasteiger partial charge in [0.05, 0.1) is 0 Å². The van der Waals surface area contributed by atoms with E-state index in [0.29, 0.717) is 11.8 Å². The summed E-state index contributed by atoms with van der Waals surface area (Å²) >= 11 is 0. The van der Waals surface area contributed by atoms with Gasteiger partial charge in [-0.3, -0.25) is 4.79 Å². The molecule has 18 heavy (non-hydrogen) atoms. The molecule has 2 aliphatic rings. The van der Waals surface area contributed by atoms with Crippen LogP contribution in [-0.2, 0) is 0 Å². The number of nitrogens with zero attached hydrogens (tertiary/aromatic N) is 2. The molecule has 1 aromatic rings. The van der Waals surface area contributed by atoms with E-state index < -0.39 is 0 Å². The Balaban J connectivity index is 1.56. The van der Waals surface area contributed by atoms with Crippen molar-refractivity contribution in [2.24, 2.45) is 5.73 Å². The number of aromatic nitrogens is 2. The number of rotatable bonds is 3. The minimum absolute atomic E-state index is 0.159. The molecule has 0 unspecified atom stereocenters. The molecule has 0 aliphatic heterocycles. The maximum atomic E-state index is 11.9. The van der Waals surface area contributed by atoms with Crippen LogP contribution < -0.4 is 11.1 Å². The number of nitrogens with two attached hydrogens (primary N) is 1. The van der Waals surface area contributed by atoms with Gasteiger partial charge in [-0.1, -0.05) is 5.16 Å². The molecule has 2 saturated carbocycles. The van der Waals surface area contributed by atoms with Crippen molar-refractivity contribution in [2.45, 2.75) is 56.5 Å². The van der Waals surface area contributed by atoms with Gasteiger partial charge in [-0.2, -0.15) is 4.98 Å². The van der Waals surface area contributed by atoms with Gasteiger partial charge in [-0.25, -0.2) is 0 Å². The molecule has 6 nitrogen and oxygen atoms in total. The van der Waals surface area contributed by atoms with Crippen molar-refractivity contribution in [1.82, 2.24) is 15.5 Å². The highest BCUT2D eigenvalue weighted by Gasteiger charge is 2.31. The van der Waals surface area contributed by atoms with Crippen LogP contribution in [0, 0.1) is 0 Å². The van der Waals surface area contributed by atoms with E-state index >= 15 is 0 Å². The van der Waals surface area contributed by atoms with Gasteiger partial charge in [-0.15, -0.1) is 0 Å². The molecule has 2 aliphatic carbocycles. The lowest BCUT2D eigenvalue weighted by atomic mass is 9.92. The zero-order valence-corrected chi connectivity index (χ0v) is 10.3. The molecule has 0 bridgehead atoms. The number of hydrogen-bond donors (Lipinski definition) is 2. The highest BCUT2D eigenvalue weighted by molar-refractivity contribution is 5.90. The molecule has 0 saturated heterocycles. The average Bonchev–Trinajstić information content (AvgIpc) is 3.10. The summed E-state index contributed by atoms with van der Waals surface area (Å²) in [7, 11) is 0. The Morgan fingerprint density at radius 2 is 1.94 bits per heavy atom. The summed E-state index contributed by atoms with van der Waals surface area (Å²) in [5.41, 5.74) is 5.83. The summed E-state index contributed by atoms with van der Waals surface area (Å²) in [4.78, 5) is 16.1. The molecule has 1 aromatic heterocycles. The smallest absolute Gasteiger partial charge is 0.292 e. The fourth-order valence-electron chi connectivity index (χ4n) is 2.34. The van der Waals surface area contributed by atoms with Crippen LogP contribution in [0.3, 0.4) is 0 Å². The minimum atomic E-state index is -0.230. The lowest BCUT2D eigenvalue weighted by Gasteiger charge is -2.26. The molecular weight excluding hydrogens is 232 g/mol. The minimum Gasteiger partial charge on any atom is -0.346 e. The molecule has 0 atom stereocenters. The number of hydrogen-bond acceptors (Lipinski definition) is 5.